The van der Waals surface area contributed by atoms with Gasteiger partial charge in [-0.25, -0.2) is 9.67 Å². The van der Waals surface area contributed by atoms with Crippen molar-refractivity contribution < 1.29 is 4.79 Å². The molecule has 0 unspecified atom stereocenters. The lowest BCUT2D eigenvalue weighted by Crippen LogP contribution is -2.19. The highest BCUT2D eigenvalue weighted by molar-refractivity contribution is 14.1. The van der Waals surface area contributed by atoms with Crippen molar-refractivity contribution in [3.05, 3.63) is 38.4 Å². The van der Waals surface area contributed by atoms with Crippen molar-refractivity contribution in [1.82, 2.24) is 14.8 Å². The van der Waals surface area contributed by atoms with Gasteiger partial charge in [0.25, 0.3) is 0 Å². The number of carbonyl (C=O) groups is 1. The zero-order chi connectivity index (χ0) is 13.1. The molecule has 1 aromatic heterocycles. The first-order valence-electron chi connectivity index (χ1n) is 4.84. The number of nitrogens with one attached hydrogen (secondary N) is 1. The molecule has 94 valence electrons. The van der Waals surface area contributed by atoms with Crippen LogP contribution in [0.5, 0.6) is 0 Å². The van der Waals surface area contributed by atoms with Gasteiger partial charge in [-0.05, 0) is 18.2 Å². The van der Waals surface area contributed by atoms with Crippen LogP contribution in [0.1, 0.15) is 0 Å². The van der Waals surface area contributed by atoms with Crippen LogP contribution in [0.3, 0.4) is 0 Å². The van der Waals surface area contributed by atoms with Gasteiger partial charge in [-0.1, -0.05) is 23.2 Å². The first-order valence-corrected chi connectivity index (χ1v) is 6.67. The summed E-state index contributed by atoms with van der Waals surface area (Å²) in [7, 11) is 0. The van der Waals surface area contributed by atoms with E-state index in [-0.39, 0.29) is 12.5 Å². The van der Waals surface area contributed by atoms with E-state index in [4.69, 9.17) is 23.2 Å². The van der Waals surface area contributed by atoms with Crippen LogP contribution in [-0.2, 0) is 11.3 Å². The summed E-state index contributed by atoms with van der Waals surface area (Å²) >= 11 is 13.6. The van der Waals surface area contributed by atoms with Crippen LogP contribution >= 0.6 is 45.8 Å². The second-order valence-corrected chi connectivity index (χ2v) is 5.26. The maximum Gasteiger partial charge on any atom is 0.246 e. The summed E-state index contributed by atoms with van der Waals surface area (Å²) in [6, 6.07) is 4.84. The Morgan fingerprint density at radius 2 is 2.00 bits per heavy atom. The third-order valence-corrected chi connectivity index (χ3v) is 2.89. The number of halogens is 3. The van der Waals surface area contributed by atoms with Gasteiger partial charge in [0.15, 0.2) is 0 Å². The summed E-state index contributed by atoms with van der Waals surface area (Å²) in [6.45, 7) is 0.0835. The van der Waals surface area contributed by atoms with E-state index < -0.39 is 0 Å². The summed E-state index contributed by atoms with van der Waals surface area (Å²) < 4.78 is 2.04. The highest BCUT2D eigenvalue weighted by atomic mass is 127. The molecular weight excluding hydrogens is 390 g/mol. The lowest BCUT2D eigenvalue weighted by atomic mass is 10.3. The number of rotatable bonds is 3. The molecule has 1 N–H and O–H groups in total. The van der Waals surface area contributed by atoms with Crippen molar-refractivity contribution in [2.75, 3.05) is 5.32 Å². The number of carbonyl (C=O) groups excluding carboxylic acids is 1. The Bertz CT molecular complexity index is 567. The minimum atomic E-state index is -0.227. The smallest absolute Gasteiger partial charge is 0.246 e. The second-order valence-electron chi connectivity index (χ2n) is 3.42. The predicted octanol–water partition coefficient (Wildman–Crippen LogP) is 2.83. The fourth-order valence-electron chi connectivity index (χ4n) is 1.32. The van der Waals surface area contributed by atoms with Gasteiger partial charge in [0.2, 0.25) is 9.74 Å². The maximum atomic E-state index is 11.7. The molecule has 18 heavy (non-hydrogen) atoms. The van der Waals surface area contributed by atoms with Gasteiger partial charge in [-0.3, -0.25) is 4.79 Å². The van der Waals surface area contributed by atoms with E-state index >= 15 is 0 Å². The molecule has 0 atom stereocenters. The first-order chi connectivity index (χ1) is 8.52. The molecule has 1 amide bonds. The van der Waals surface area contributed by atoms with Crippen LogP contribution in [0.4, 0.5) is 5.69 Å². The number of hydrogen-bond acceptors (Lipinski definition) is 3. The summed E-state index contributed by atoms with van der Waals surface area (Å²) in [5.41, 5.74) is 0.548. The maximum absolute atomic E-state index is 11.7. The van der Waals surface area contributed by atoms with Gasteiger partial charge in [0.05, 0.1) is 0 Å². The summed E-state index contributed by atoms with van der Waals surface area (Å²) in [5, 5.41) is 7.62. The molecule has 2 rings (SSSR count). The molecule has 1 aromatic carbocycles. The Labute approximate surface area is 127 Å². The van der Waals surface area contributed by atoms with Crippen LogP contribution in [-0.4, -0.2) is 20.7 Å². The summed E-state index contributed by atoms with van der Waals surface area (Å²) in [4.78, 5) is 15.6. The van der Waals surface area contributed by atoms with E-state index in [1.807, 2.05) is 22.6 Å². The minimum absolute atomic E-state index is 0.0835. The first kappa shape index (κ1) is 13.6. The largest absolute Gasteiger partial charge is 0.324 e. The predicted molar refractivity (Wildman–Crippen MR) is 77.8 cm³/mol. The highest BCUT2D eigenvalue weighted by Crippen LogP contribution is 2.22. The molecule has 0 aliphatic rings. The molecule has 0 aliphatic carbocycles. The SMILES string of the molecule is O=C(Cn1cnc(I)n1)Nc1cc(Cl)cc(Cl)c1. The molecule has 1 heterocycles. The Morgan fingerprint density at radius 1 is 1.33 bits per heavy atom. The molecule has 0 spiro atoms. The lowest BCUT2D eigenvalue weighted by Gasteiger charge is -2.06. The van der Waals surface area contributed by atoms with Crippen molar-refractivity contribution in [1.29, 1.82) is 0 Å². The molecule has 0 saturated heterocycles. The van der Waals surface area contributed by atoms with Gasteiger partial charge < -0.3 is 5.32 Å². The fourth-order valence-corrected chi connectivity index (χ4v) is 2.25. The van der Waals surface area contributed by atoms with E-state index in [0.717, 1.165) is 0 Å². The molecule has 0 saturated carbocycles. The van der Waals surface area contributed by atoms with Gasteiger partial charge >= 0.3 is 0 Å². The molecule has 0 fully saturated rings. The van der Waals surface area contributed by atoms with Crippen LogP contribution < -0.4 is 5.32 Å². The van der Waals surface area contributed by atoms with E-state index in [0.29, 0.717) is 19.6 Å². The molecule has 8 heteroatoms. The van der Waals surface area contributed by atoms with Gasteiger partial charge in [-0.15, -0.1) is 5.10 Å². The number of benzene rings is 1. The molecule has 0 radical (unpaired) electrons. The number of aromatic nitrogens is 3. The van der Waals surface area contributed by atoms with Crippen LogP contribution in [0.2, 0.25) is 10.0 Å². The van der Waals surface area contributed by atoms with E-state index in [9.17, 15) is 4.79 Å². The molecule has 0 bridgehead atoms. The minimum Gasteiger partial charge on any atom is -0.324 e. The molecule has 5 nitrogen and oxygen atoms in total. The van der Waals surface area contributed by atoms with Crippen LogP contribution in [0.15, 0.2) is 24.5 Å². The molecule has 2 aromatic rings. The zero-order valence-corrected chi connectivity index (χ0v) is 12.6. The van der Waals surface area contributed by atoms with Crippen molar-refractivity contribution in [2.24, 2.45) is 0 Å². The van der Waals surface area contributed by atoms with E-state index in [1.165, 1.54) is 11.0 Å². The van der Waals surface area contributed by atoms with Gasteiger partial charge in [0.1, 0.15) is 12.9 Å². The summed E-state index contributed by atoms with van der Waals surface area (Å²) in [6.07, 6.45) is 1.49. The highest BCUT2D eigenvalue weighted by Gasteiger charge is 2.06. The van der Waals surface area contributed by atoms with Crippen molar-refractivity contribution in [2.45, 2.75) is 6.54 Å². The standard InChI is InChI=1S/C10H7Cl2IN4O/c11-6-1-7(12)3-8(2-6)15-9(18)4-17-5-14-10(13)16-17/h1-3,5H,4H2,(H,15,18). The Morgan fingerprint density at radius 3 is 2.56 bits per heavy atom. The second kappa shape index (κ2) is 5.85. The number of hydrogen-bond donors (Lipinski definition) is 1. The normalized spacial score (nSPS) is 10.4. The molecular formula is C10H7Cl2IN4O. The number of amides is 1. The average Bonchev–Trinajstić information content (AvgIpc) is 2.61. The quantitative estimate of drug-likeness (QED) is 0.811. The van der Waals surface area contributed by atoms with Crippen LogP contribution in [0, 0.1) is 3.83 Å². The van der Waals surface area contributed by atoms with E-state index in [1.54, 1.807) is 18.2 Å². The van der Waals surface area contributed by atoms with Crippen molar-refractivity contribution >= 4 is 57.4 Å². The fraction of sp³-hybridized carbons (Fsp3) is 0.100. The zero-order valence-electron chi connectivity index (χ0n) is 8.90. The third-order valence-electron chi connectivity index (χ3n) is 1.96. The third kappa shape index (κ3) is 3.82. The number of anilines is 1. The Balaban J connectivity index is 2.02. The Kier molecular flexibility index (Phi) is 4.41. The van der Waals surface area contributed by atoms with E-state index in [2.05, 4.69) is 15.4 Å². The molecule has 0 aliphatic heterocycles. The van der Waals surface area contributed by atoms with Crippen molar-refractivity contribution in [3.8, 4) is 0 Å². The van der Waals surface area contributed by atoms with Crippen molar-refractivity contribution in [3.63, 3.8) is 0 Å². The monoisotopic (exact) mass is 396 g/mol. The van der Waals surface area contributed by atoms with Crippen LogP contribution in [0.25, 0.3) is 0 Å². The summed E-state index contributed by atoms with van der Waals surface area (Å²) in [5.74, 6) is -0.227. The number of nitrogens with zero attached hydrogens (tertiary/aromatic N) is 3. The average molecular weight is 397 g/mol. The Hall–Kier alpha value is -0.860. The lowest BCUT2D eigenvalue weighted by molar-refractivity contribution is -0.116. The van der Waals surface area contributed by atoms with Gasteiger partial charge in [0, 0.05) is 38.3 Å². The van der Waals surface area contributed by atoms with Gasteiger partial charge in [-0.2, -0.15) is 0 Å². The topological polar surface area (TPSA) is 59.8 Å².